The largest absolute Gasteiger partial charge is 0.348 e. The lowest BCUT2D eigenvalue weighted by Gasteiger charge is -2.63. The molecule has 0 unspecified atom stereocenters. The van der Waals surface area contributed by atoms with Gasteiger partial charge in [0.2, 0.25) is 0 Å². The van der Waals surface area contributed by atoms with E-state index in [1.165, 1.54) is 32.1 Å². The zero-order valence-electron chi connectivity index (χ0n) is 18.6. The first-order valence-corrected chi connectivity index (χ1v) is 12.1. The number of nitrogens with zero attached hydrogens (tertiary/aromatic N) is 3. The van der Waals surface area contributed by atoms with Crippen LogP contribution in [0.4, 0.5) is 0 Å². The Kier molecular flexibility index (Phi) is 2.97. The van der Waals surface area contributed by atoms with Gasteiger partial charge in [-0.15, -0.1) is 0 Å². The van der Waals surface area contributed by atoms with Gasteiger partial charge in [0.05, 0.1) is 12.1 Å². The van der Waals surface area contributed by atoms with Gasteiger partial charge in [-0.05, 0) is 61.7 Å². The summed E-state index contributed by atoms with van der Waals surface area (Å²) in [5, 5.41) is 0. The maximum absolute atomic E-state index is 13.9. The molecular weight excluding hydrogens is 374 g/mol. The van der Waals surface area contributed by atoms with E-state index in [2.05, 4.69) is 39.8 Å². The van der Waals surface area contributed by atoms with Gasteiger partial charge in [-0.2, -0.15) is 0 Å². The van der Waals surface area contributed by atoms with Crippen LogP contribution in [0, 0.1) is 28.1 Å². The lowest BCUT2D eigenvalue weighted by molar-refractivity contribution is 0.0188. The second-order valence-corrected chi connectivity index (χ2v) is 12.0. The average molecular weight is 408 g/mol. The molecule has 7 atom stereocenters. The molecule has 3 heterocycles. The van der Waals surface area contributed by atoms with Crippen molar-refractivity contribution >= 4 is 0 Å². The van der Waals surface area contributed by atoms with Crippen LogP contribution in [0.1, 0.15) is 90.8 Å². The lowest BCUT2D eigenvalue weighted by Crippen LogP contribution is -2.60. The van der Waals surface area contributed by atoms with Gasteiger partial charge in [-0.25, -0.2) is 23.5 Å². The number of hydrogen-bond donors (Lipinski definition) is 0. The summed E-state index contributed by atoms with van der Waals surface area (Å²) in [5.41, 5.74) is 3.32. The second kappa shape index (κ2) is 4.99. The van der Waals surface area contributed by atoms with Gasteiger partial charge >= 0.3 is 11.4 Å². The summed E-state index contributed by atoms with van der Waals surface area (Å²) in [6.45, 7) is 9.40. The maximum Gasteiger partial charge on any atom is 0.348 e. The molecule has 2 aliphatic heterocycles. The molecule has 1 aromatic rings. The number of fused-ring (bicyclic) bond motifs is 2. The Morgan fingerprint density at radius 1 is 0.967 bits per heavy atom. The molecule has 160 valence electrons. The third kappa shape index (κ3) is 1.57. The van der Waals surface area contributed by atoms with Gasteiger partial charge in [-0.3, -0.25) is 0 Å². The van der Waals surface area contributed by atoms with Gasteiger partial charge < -0.3 is 0 Å². The summed E-state index contributed by atoms with van der Waals surface area (Å²) in [6.07, 6.45) is 12.7. The summed E-state index contributed by atoms with van der Waals surface area (Å²) in [4.78, 5) is 27.7. The minimum Gasteiger partial charge on any atom is -0.246 e. The molecule has 2 fully saturated rings. The van der Waals surface area contributed by atoms with Gasteiger partial charge in [-0.1, -0.05) is 51.0 Å². The first kappa shape index (κ1) is 17.9. The van der Waals surface area contributed by atoms with Crippen molar-refractivity contribution in [1.82, 2.24) is 13.9 Å². The Balaban J connectivity index is 1.42. The number of aromatic nitrogens is 3. The van der Waals surface area contributed by atoms with E-state index in [-0.39, 0.29) is 45.7 Å². The van der Waals surface area contributed by atoms with Crippen LogP contribution in [0.2, 0.25) is 0 Å². The van der Waals surface area contributed by atoms with Crippen molar-refractivity contribution in [3.8, 4) is 0 Å². The first-order chi connectivity index (χ1) is 14.2. The van der Waals surface area contributed by atoms with E-state index in [1.807, 2.05) is 9.36 Å². The molecule has 0 spiro atoms. The highest BCUT2D eigenvalue weighted by atomic mass is 16.2. The van der Waals surface area contributed by atoms with E-state index in [1.54, 1.807) is 15.7 Å². The Morgan fingerprint density at radius 2 is 1.70 bits per heavy atom. The summed E-state index contributed by atoms with van der Waals surface area (Å²) in [7, 11) is 0. The van der Waals surface area contributed by atoms with Gasteiger partial charge in [0.1, 0.15) is 0 Å². The predicted octanol–water partition coefficient (Wildman–Crippen LogP) is 4.37. The van der Waals surface area contributed by atoms with E-state index >= 15 is 0 Å². The summed E-state index contributed by atoms with van der Waals surface area (Å²) >= 11 is 0. The summed E-state index contributed by atoms with van der Waals surface area (Å²) in [6, 6.07) is 0.0345. The first-order valence-electron chi connectivity index (χ1n) is 12.1. The third-order valence-electron chi connectivity index (χ3n) is 11.3. The van der Waals surface area contributed by atoms with E-state index in [0.717, 1.165) is 12.8 Å². The predicted molar refractivity (Wildman–Crippen MR) is 116 cm³/mol. The minimum absolute atomic E-state index is 0.00907. The molecule has 8 rings (SSSR count). The number of allylic oxidation sites excluding steroid dienone is 4. The van der Waals surface area contributed by atoms with Crippen molar-refractivity contribution < 1.29 is 0 Å². The summed E-state index contributed by atoms with van der Waals surface area (Å²) < 4.78 is 5.42. The summed E-state index contributed by atoms with van der Waals surface area (Å²) in [5.74, 6) is 1.01. The van der Waals surface area contributed by atoms with Crippen LogP contribution in [0.25, 0.3) is 0 Å². The lowest BCUT2D eigenvalue weighted by atomic mass is 9.46. The Morgan fingerprint density at radius 3 is 2.40 bits per heavy atom. The maximum atomic E-state index is 13.9. The molecule has 0 aromatic carbocycles. The van der Waals surface area contributed by atoms with Crippen LogP contribution in [-0.4, -0.2) is 13.9 Å². The van der Waals surface area contributed by atoms with E-state index in [0.29, 0.717) is 11.8 Å². The van der Waals surface area contributed by atoms with Gasteiger partial charge in [0.15, 0.2) is 0 Å². The molecule has 0 radical (unpaired) electrons. The molecule has 2 saturated carbocycles. The molecular formula is C25H33N3O2. The SMILES string of the molecule is CC1(C)[C@@H]2CC[C@]1(C)[C@@H](n1c(=O)n3n(c1=O)[C@@H]1C=C[C@@H]3[C@@H]3C4=C(CCCC4)[C@@]31C)C2. The van der Waals surface area contributed by atoms with Crippen molar-refractivity contribution in [3.63, 3.8) is 0 Å². The fourth-order valence-electron chi connectivity index (χ4n) is 9.20. The highest BCUT2D eigenvalue weighted by molar-refractivity contribution is 5.47. The number of rotatable bonds is 1. The zero-order chi connectivity index (χ0) is 20.8. The Hall–Kier alpha value is -1.78. The van der Waals surface area contributed by atoms with Crippen molar-refractivity contribution in [1.29, 1.82) is 0 Å². The van der Waals surface area contributed by atoms with Crippen LogP contribution in [0.15, 0.2) is 32.9 Å². The average Bonchev–Trinajstić information content (AvgIpc) is 3.19. The molecule has 0 amide bonds. The fraction of sp³-hybridized carbons (Fsp3) is 0.760. The molecule has 7 aliphatic rings. The van der Waals surface area contributed by atoms with Crippen molar-refractivity contribution in [2.45, 2.75) is 90.8 Å². The van der Waals surface area contributed by atoms with Crippen LogP contribution in [0.3, 0.4) is 0 Å². The van der Waals surface area contributed by atoms with E-state index in [9.17, 15) is 9.59 Å². The van der Waals surface area contributed by atoms with Crippen LogP contribution < -0.4 is 11.4 Å². The molecule has 1 aromatic heterocycles. The van der Waals surface area contributed by atoms with Gasteiger partial charge in [0, 0.05) is 17.4 Å². The quantitative estimate of drug-likeness (QED) is 0.649. The molecule has 4 bridgehead atoms. The molecule has 5 aliphatic carbocycles. The zero-order valence-corrected chi connectivity index (χ0v) is 18.6. The molecule has 5 heteroatoms. The van der Waals surface area contributed by atoms with Crippen molar-refractivity contribution in [3.05, 3.63) is 44.3 Å². The number of hydrogen-bond acceptors (Lipinski definition) is 2. The normalized spacial score (nSPS) is 46.6. The Bertz CT molecular complexity index is 1180. The van der Waals surface area contributed by atoms with Crippen LogP contribution >= 0.6 is 0 Å². The molecule has 0 saturated heterocycles. The second-order valence-electron chi connectivity index (χ2n) is 12.0. The fourth-order valence-corrected chi connectivity index (χ4v) is 9.20. The van der Waals surface area contributed by atoms with Crippen molar-refractivity contribution in [2.75, 3.05) is 0 Å². The van der Waals surface area contributed by atoms with E-state index in [4.69, 9.17) is 0 Å². The van der Waals surface area contributed by atoms with Gasteiger partial charge in [0.25, 0.3) is 0 Å². The highest BCUT2D eigenvalue weighted by Gasteiger charge is 2.65. The smallest absolute Gasteiger partial charge is 0.246 e. The molecule has 0 N–H and O–H groups in total. The minimum atomic E-state index is -0.0570. The van der Waals surface area contributed by atoms with Crippen LogP contribution in [0.5, 0.6) is 0 Å². The van der Waals surface area contributed by atoms with E-state index < -0.39 is 0 Å². The molecule has 5 nitrogen and oxygen atoms in total. The third-order valence-corrected chi connectivity index (χ3v) is 11.3. The van der Waals surface area contributed by atoms with Crippen molar-refractivity contribution in [2.24, 2.45) is 28.1 Å². The standard InChI is InChI=1S/C25H33N3O2/c1-23(2)14-11-12-24(23,3)19(13-14)26-21(29)27-17-9-10-18(28(27)22(26)30)25(4)16-8-6-5-7-15(16)20(17)25/h9-10,14,17-20H,5-8,11-13H2,1-4H3/t14-,17-,18-,19+,20+,24-,25-/m1/s1. The molecule has 30 heavy (non-hydrogen) atoms. The topological polar surface area (TPSA) is 48.9 Å². The highest BCUT2D eigenvalue weighted by Crippen LogP contribution is 2.70. The monoisotopic (exact) mass is 407 g/mol. The van der Waals surface area contributed by atoms with Crippen LogP contribution in [-0.2, 0) is 0 Å². The Labute approximate surface area is 177 Å².